The van der Waals surface area contributed by atoms with Crippen LogP contribution < -0.4 is 4.74 Å². The SMILES string of the molecule is N#CCc1ccc(N=CC(=O)Oc2ccccc2)cc1. The van der Waals surface area contributed by atoms with Crippen molar-refractivity contribution in [3.63, 3.8) is 0 Å². The first-order chi connectivity index (χ1) is 9.78. The summed E-state index contributed by atoms with van der Waals surface area (Å²) in [4.78, 5) is 15.6. The Kier molecular flexibility index (Phi) is 4.63. The lowest BCUT2D eigenvalue weighted by atomic mass is 10.1. The van der Waals surface area contributed by atoms with Gasteiger partial charge in [0.1, 0.15) is 12.0 Å². The average molecular weight is 264 g/mol. The molecule has 0 amide bonds. The summed E-state index contributed by atoms with van der Waals surface area (Å²) in [6, 6.07) is 18.0. The van der Waals surface area contributed by atoms with Crippen LogP contribution in [0.25, 0.3) is 0 Å². The first-order valence-electron chi connectivity index (χ1n) is 6.05. The molecule has 0 saturated carbocycles. The highest BCUT2D eigenvalue weighted by atomic mass is 16.5. The highest BCUT2D eigenvalue weighted by Crippen LogP contribution is 2.13. The van der Waals surface area contributed by atoms with Crippen LogP contribution in [0.1, 0.15) is 5.56 Å². The van der Waals surface area contributed by atoms with Crippen molar-refractivity contribution in [1.29, 1.82) is 5.26 Å². The number of esters is 1. The van der Waals surface area contributed by atoms with E-state index in [-0.39, 0.29) is 0 Å². The van der Waals surface area contributed by atoms with E-state index < -0.39 is 5.97 Å². The summed E-state index contributed by atoms with van der Waals surface area (Å²) in [7, 11) is 0. The minimum atomic E-state index is -0.530. The fourth-order valence-electron chi connectivity index (χ4n) is 1.55. The van der Waals surface area contributed by atoms with Crippen molar-refractivity contribution in [2.24, 2.45) is 4.99 Å². The Bertz CT molecular complexity index is 640. The summed E-state index contributed by atoms with van der Waals surface area (Å²) in [5, 5.41) is 8.56. The first-order valence-corrected chi connectivity index (χ1v) is 6.05. The monoisotopic (exact) mass is 264 g/mol. The van der Waals surface area contributed by atoms with E-state index in [0.29, 0.717) is 17.9 Å². The first kappa shape index (κ1) is 13.5. The fourth-order valence-corrected chi connectivity index (χ4v) is 1.55. The third kappa shape index (κ3) is 4.07. The number of carbonyl (C=O) groups is 1. The van der Waals surface area contributed by atoms with Crippen molar-refractivity contribution >= 4 is 17.9 Å². The molecule has 0 atom stereocenters. The molecular weight excluding hydrogens is 252 g/mol. The van der Waals surface area contributed by atoms with E-state index in [9.17, 15) is 4.79 Å². The van der Waals surface area contributed by atoms with Gasteiger partial charge in [0, 0.05) is 0 Å². The van der Waals surface area contributed by atoms with Gasteiger partial charge in [-0.05, 0) is 29.8 Å². The van der Waals surface area contributed by atoms with Gasteiger partial charge in [0.2, 0.25) is 0 Å². The molecule has 0 aliphatic rings. The molecule has 0 radical (unpaired) electrons. The average Bonchev–Trinajstić information content (AvgIpc) is 2.48. The lowest BCUT2D eigenvalue weighted by Gasteiger charge is -1.99. The molecule has 20 heavy (non-hydrogen) atoms. The number of carbonyl (C=O) groups excluding carboxylic acids is 1. The number of benzene rings is 2. The molecule has 0 aliphatic heterocycles. The van der Waals surface area contributed by atoms with E-state index >= 15 is 0 Å². The third-order valence-corrected chi connectivity index (χ3v) is 2.50. The van der Waals surface area contributed by atoms with Crippen molar-refractivity contribution in [3.05, 3.63) is 60.2 Å². The van der Waals surface area contributed by atoms with Crippen LogP contribution in [0, 0.1) is 11.3 Å². The lowest BCUT2D eigenvalue weighted by molar-refractivity contribution is -0.126. The van der Waals surface area contributed by atoms with Crippen LogP contribution in [0.3, 0.4) is 0 Å². The summed E-state index contributed by atoms with van der Waals surface area (Å²) < 4.78 is 5.07. The van der Waals surface area contributed by atoms with E-state index in [1.165, 1.54) is 0 Å². The summed E-state index contributed by atoms with van der Waals surface area (Å²) >= 11 is 0. The molecule has 4 nitrogen and oxygen atoms in total. The van der Waals surface area contributed by atoms with Crippen LogP contribution in [0.5, 0.6) is 5.75 Å². The van der Waals surface area contributed by atoms with Crippen molar-refractivity contribution in [2.75, 3.05) is 0 Å². The second-order valence-electron chi connectivity index (χ2n) is 3.99. The summed E-state index contributed by atoms with van der Waals surface area (Å²) in [6.45, 7) is 0. The zero-order valence-corrected chi connectivity index (χ0v) is 10.7. The lowest BCUT2D eigenvalue weighted by Crippen LogP contribution is -2.08. The Morgan fingerprint density at radius 3 is 2.50 bits per heavy atom. The number of rotatable bonds is 4. The molecule has 98 valence electrons. The van der Waals surface area contributed by atoms with Crippen molar-refractivity contribution in [2.45, 2.75) is 6.42 Å². The van der Waals surface area contributed by atoms with Gasteiger partial charge in [0.05, 0.1) is 18.2 Å². The Hall–Kier alpha value is -2.93. The van der Waals surface area contributed by atoms with Crippen molar-refractivity contribution in [3.8, 4) is 11.8 Å². The van der Waals surface area contributed by atoms with Gasteiger partial charge >= 0.3 is 5.97 Å². The molecule has 0 spiro atoms. The van der Waals surface area contributed by atoms with E-state index in [1.54, 1.807) is 48.5 Å². The van der Waals surface area contributed by atoms with Crippen LogP contribution >= 0.6 is 0 Å². The van der Waals surface area contributed by atoms with Crippen molar-refractivity contribution in [1.82, 2.24) is 0 Å². The molecule has 0 N–H and O–H groups in total. The maximum Gasteiger partial charge on any atom is 0.354 e. The number of ether oxygens (including phenoxy) is 1. The Morgan fingerprint density at radius 1 is 1.15 bits per heavy atom. The van der Waals surface area contributed by atoms with Gasteiger partial charge in [0.25, 0.3) is 0 Å². The minimum absolute atomic E-state index is 0.361. The quantitative estimate of drug-likeness (QED) is 0.484. The molecule has 0 heterocycles. The molecular formula is C16H12N2O2. The van der Waals surface area contributed by atoms with E-state index in [4.69, 9.17) is 10.00 Å². The fraction of sp³-hybridized carbons (Fsp3) is 0.0625. The summed E-state index contributed by atoms with van der Waals surface area (Å²) in [5.41, 5.74) is 1.55. The highest BCUT2D eigenvalue weighted by Gasteiger charge is 2.00. The Balaban J connectivity index is 1.95. The zero-order chi connectivity index (χ0) is 14.2. The van der Waals surface area contributed by atoms with Gasteiger partial charge in [-0.3, -0.25) is 0 Å². The molecule has 0 fully saturated rings. The number of hydrogen-bond donors (Lipinski definition) is 0. The number of aliphatic imine (C=N–C) groups is 1. The Labute approximate surface area is 117 Å². The molecule has 2 aromatic rings. The van der Waals surface area contributed by atoms with E-state index in [2.05, 4.69) is 11.1 Å². The number of nitrogens with zero attached hydrogens (tertiary/aromatic N) is 2. The zero-order valence-electron chi connectivity index (χ0n) is 10.7. The van der Waals surface area contributed by atoms with E-state index in [0.717, 1.165) is 11.8 Å². The molecule has 2 rings (SSSR count). The number of nitriles is 1. The van der Waals surface area contributed by atoms with Crippen LogP contribution in [0.15, 0.2) is 59.6 Å². The normalized spacial score (nSPS) is 10.2. The van der Waals surface area contributed by atoms with Crippen LogP contribution in [0.4, 0.5) is 5.69 Å². The largest absolute Gasteiger partial charge is 0.422 e. The molecule has 0 bridgehead atoms. The molecule has 0 aliphatic carbocycles. The van der Waals surface area contributed by atoms with Crippen LogP contribution in [0.2, 0.25) is 0 Å². The second kappa shape index (κ2) is 6.86. The standard InChI is InChI=1S/C16H12N2O2/c17-11-10-13-6-8-14(9-7-13)18-12-16(19)20-15-4-2-1-3-5-15/h1-9,12H,10H2. The maximum atomic E-state index is 11.5. The predicted molar refractivity (Wildman–Crippen MR) is 76.0 cm³/mol. The Morgan fingerprint density at radius 2 is 1.85 bits per heavy atom. The summed E-state index contributed by atoms with van der Waals surface area (Å²) in [5.74, 6) is -0.0504. The highest BCUT2D eigenvalue weighted by molar-refractivity contribution is 6.24. The molecule has 0 unspecified atom stereocenters. The number of para-hydroxylation sites is 1. The molecule has 0 saturated heterocycles. The van der Waals surface area contributed by atoms with Gasteiger partial charge in [-0.2, -0.15) is 5.26 Å². The minimum Gasteiger partial charge on any atom is -0.422 e. The molecule has 4 heteroatoms. The smallest absolute Gasteiger partial charge is 0.354 e. The van der Waals surface area contributed by atoms with Crippen molar-refractivity contribution < 1.29 is 9.53 Å². The van der Waals surface area contributed by atoms with Crippen LogP contribution in [-0.4, -0.2) is 12.2 Å². The molecule has 2 aromatic carbocycles. The maximum absolute atomic E-state index is 11.5. The van der Waals surface area contributed by atoms with Crippen LogP contribution in [-0.2, 0) is 11.2 Å². The van der Waals surface area contributed by atoms with Gasteiger partial charge < -0.3 is 4.74 Å². The predicted octanol–water partition coefficient (Wildman–Crippen LogP) is 3.06. The van der Waals surface area contributed by atoms with Gasteiger partial charge in [-0.15, -0.1) is 0 Å². The van der Waals surface area contributed by atoms with Gasteiger partial charge in [-0.1, -0.05) is 30.3 Å². The topological polar surface area (TPSA) is 62.5 Å². The van der Waals surface area contributed by atoms with Gasteiger partial charge in [-0.25, -0.2) is 9.79 Å². The van der Waals surface area contributed by atoms with Gasteiger partial charge in [0.15, 0.2) is 0 Å². The third-order valence-electron chi connectivity index (χ3n) is 2.50. The van der Waals surface area contributed by atoms with E-state index in [1.807, 2.05) is 6.07 Å². The summed E-state index contributed by atoms with van der Waals surface area (Å²) in [6.07, 6.45) is 1.49. The second-order valence-corrected chi connectivity index (χ2v) is 3.99. The molecule has 0 aromatic heterocycles. The number of hydrogen-bond acceptors (Lipinski definition) is 4.